The summed E-state index contributed by atoms with van der Waals surface area (Å²) in [6, 6.07) is 16.8. The molecule has 1 amide bonds. The maximum Gasteiger partial charge on any atom is 0.251 e. The fraction of sp³-hybridized carbons (Fsp3) is 0.500. The number of carbonyl (C=O) groups excluding carboxylic acids is 1. The van der Waals surface area contributed by atoms with Crippen molar-refractivity contribution in [3.8, 4) is 0 Å². The molecule has 0 aromatic heterocycles. The normalized spacial score (nSPS) is 18.3. The number of nitrogens with one attached hydrogen (secondary N) is 1. The molecule has 30 heavy (non-hydrogen) atoms. The van der Waals surface area contributed by atoms with Gasteiger partial charge in [0.15, 0.2) is 0 Å². The largest absolute Gasteiger partial charge is 0.348 e. The second-order valence-corrected chi connectivity index (χ2v) is 8.87. The van der Waals surface area contributed by atoms with E-state index in [9.17, 15) is 4.79 Å². The van der Waals surface area contributed by atoms with Crippen molar-refractivity contribution in [2.24, 2.45) is 0 Å². The Morgan fingerprint density at radius 1 is 0.633 bits per heavy atom. The number of carbonyl (C=O) groups is 1. The van der Waals surface area contributed by atoms with Crippen molar-refractivity contribution < 1.29 is 4.79 Å². The fourth-order valence-electron chi connectivity index (χ4n) is 4.56. The highest BCUT2D eigenvalue weighted by Gasteiger charge is 2.12. The molecule has 2 aromatic rings. The van der Waals surface area contributed by atoms with E-state index in [-0.39, 0.29) is 5.91 Å². The SMILES string of the molecule is O=C(NCc1ccc(CN2CCCC2)cc1)c1ccc(CN2CCCCCC2)cc1. The molecule has 160 valence electrons. The molecule has 0 atom stereocenters. The Morgan fingerprint density at radius 2 is 1.07 bits per heavy atom. The molecule has 0 aliphatic carbocycles. The third kappa shape index (κ3) is 6.16. The predicted molar refractivity (Wildman–Crippen MR) is 122 cm³/mol. The second kappa shape index (κ2) is 10.7. The number of amides is 1. The topological polar surface area (TPSA) is 35.6 Å². The van der Waals surface area contributed by atoms with Crippen molar-refractivity contribution in [2.75, 3.05) is 26.2 Å². The molecule has 2 aromatic carbocycles. The van der Waals surface area contributed by atoms with Crippen molar-refractivity contribution in [3.63, 3.8) is 0 Å². The molecule has 0 saturated carbocycles. The number of benzene rings is 2. The summed E-state index contributed by atoms with van der Waals surface area (Å²) in [5.41, 5.74) is 4.53. The van der Waals surface area contributed by atoms with E-state index >= 15 is 0 Å². The molecule has 1 N–H and O–H groups in total. The highest BCUT2D eigenvalue weighted by molar-refractivity contribution is 5.94. The number of nitrogens with zero attached hydrogens (tertiary/aromatic N) is 2. The summed E-state index contributed by atoms with van der Waals surface area (Å²) in [5, 5.41) is 3.06. The molecule has 2 fully saturated rings. The molecule has 2 aliphatic heterocycles. The Hall–Kier alpha value is -2.17. The first-order valence-electron chi connectivity index (χ1n) is 11.7. The summed E-state index contributed by atoms with van der Waals surface area (Å²) in [4.78, 5) is 17.6. The van der Waals surface area contributed by atoms with Crippen molar-refractivity contribution in [2.45, 2.75) is 58.2 Å². The fourth-order valence-corrected chi connectivity index (χ4v) is 4.56. The lowest BCUT2D eigenvalue weighted by molar-refractivity contribution is 0.0951. The van der Waals surface area contributed by atoms with Gasteiger partial charge in [-0.2, -0.15) is 0 Å². The van der Waals surface area contributed by atoms with Crippen molar-refractivity contribution in [3.05, 3.63) is 70.8 Å². The summed E-state index contributed by atoms with van der Waals surface area (Å²) in [6.45, 7) is 7.42. The standard InChI is InChI=1S/C26H35N3O/c30-26(25-13-11-24(12-14-25)21-28-15-3-1-2-4-16-28)27-19-22-7-9-23(10-8-22)20-29-17-5-6-18-29/h7-14H,1-6,15-21H2,(H,27,30). The van der Waals surface area contributed by atoms with E-state index in [0.717, 1.165) is 24.2 Å². The van der Waals surface area contributed by atoms with Gasteiger partial charge in [-0.15, -0.1) is 0 Å². The molecule has 2 aliphatic rings. The minimum absolute atomic E-state index is 0.00235. The van der Waals surface area contributed by atoms with Gasteiger partial charge in [0, 0.05) is 25.2 Å². The van der Waals surface area contributed by atoms with Gasteiger partial charge < -0.3 is 5.32 Å². The van der Waals surface area contributed by atoms with Crippen LogP contribution in [0.25, 0.3) is 0 Å². The predicted octanol–water partition coefficient (Wildman–Crippen LogP) is 4.59. The van der Waals surface area contributed by atoms with Crippen molar-refractivity contribution >= 4 is 5.91 Å². The Labute approximate surface area is 181 Å². The van der Waals surface area contributed by atoms with E-state index < -0.39 is 0 Å². The lowest BCUT2D eigenvalue weighted by Crippen LogP contribution is -2.24. The molecular formula is C26H35N3O. The zero-order valence-corrected chi connectivity index (χ0v) is 18.1. The van der Waals surface area contributed by atoms with Crippen LogP contribution >= 0.6 is 0 Å². The van der Waals surface area contributed by atoms with Crippen molar-refractivity contribution in [1.82, 2.24) is 15.1 Å². The van der Waals surface area contributed by atoms with Gasteiger partial charge >= 0.3 is 0 Å². The highest BCUT2D eigenvalue weighted by atomic mass is 16.1. The molecule has 0 unspecified atom stereocenters. The third-order valence-electron chi connectivity index (χ3n) is 6.40. The first-order chi connectivity index (χ1) is 14.8. The van der Waals surface area contributed by atoms with E-state index in [1.165, 1.54) is 75.8 Å². The molecule has 4 rings (SSSR count). The first kappa shape index (κ1) is 21.1. The zero-order chi connectivity index (χ0) is 20.6. The van der Waals surface area contributed by atoms with Gasteiger partial charge in [0.2, 0.25) is 0 Å². The van der Waals surface area contributed by atoms with Crippen LogP contribution in [0.2, 0.25) is 0 Å². The minimum Gasteiger partial charge on any atom is -0.348 e. The number of likely N-dealkylation sites (tertiary alicyclic amines) is 2. The summed E-state index contributed by atoms with van der Waals surface area (Å²) in [6.07, 6.45) is 7.97. The molecule has 4 nitrogen and oxygen atoms in total. The van der Waals surface area contributed by atoms with E-state index in [1.54, 1.807) is 0 Å². The van der Waals surface area contributed by atoms with E-state index in [1.807, 2.05) is 12.1 Å². The molecular weight excluding hydrogens is 370 g/mol. The second-order valence-electron chi connectivity index (χ2n) is 8.87. The summed E-state index contributed by atoms with van der Waals surface area (Å²) < 4.78 is 0. The number of hydrogen-bond donors (Lipinski definition) is 1. The lowest BCUT2D eigenvalue weighted by atomic mass is 10.1. The Balaban J connectivity index is 1.24. The Bertz CT molecular complexity index is 786. The quantitative estimate of drug-likeness (QED) is 0.732. The average Bonchev–Trinajstić information content (AvgIpc) is 3.15. The Morgan fingerprint density at radius 3 is 1.60 bits per heavy atom. The van der Waals surface area contributed by atoms with Crippen LogP contribution in [0.1, 0.15) is 65.6 Å². The van der Waals surface area contributed by atoms with Crippen LogP contribution in [-0.4, -0.2) is 41.9 Å². The van der Waals surface area contributed by atoms with E-state index in [0.29, 0.717) is 6.54 Å². The van der Waals surface area contributed by atoms with Gasteiger partial charge in [0.1, 0.15) is 0 Å². The average molecular weight is 406 g/mol. The number of rotatable bonds is 7. The van der Waals surface area contributed by atoms with Gasteiger partial charge in [-0.05, 0) is 80.7 Å². The third-order valence-corrected chi connectivity index (χ3v) is 6.40. The molecule has 0 spiro atoms. The van der Waals surface area contributed by atoms with E-state index in [2.05, 4.69) is 51.5 Å². The molecule has 2 saturated heterocycles. The summed E-state index contributed by atoms with van der Waals surface area (Å²) >= 11 is 0. The van der Waals surface area contributed by atoms with Gasteiger partial charge in [-0.3, -0.25) is 14.6 Å². The summed E-state index contributed by atoms with van der Waals surface area (Å²) in [5.74, 6) is -0.00235. The van der Waals surface area contributed by atoms with Crippen LogP contribution in [0.15, 0.2) is 48.5 Å². The Kier molecular flexibility index (Phi) is 7.54. The van der Waals surface area contributed by atoms with Crippen LogP contribution in [-0.2, 0) is 19.6 Å². The number of hydrogen-bond acceptors (Lipinski definition) is 3. The molecule has 2 heterocycles. The van der Waals surface area contributed by atoms with Crippen LogP contribution in [0.5, 0.6) is 0 Å². The first-order valence-corrected chi connectivity index (χ1v) is 11.7. The summed E-state index contributed by atoms with van der Waals surface area (Å²) in [7, 11) is 0. The van der Waals surface area contributed by atoms with Crippen LogP contribution < -0.4 is 5.32 Å². The highest BCUT2D eigenvalue weighted by Crippen LogP contribution is 2.15. The van der Waals surface area contributed by atoms with Gasteiger partial charge in [0.05, 0.1) is 0 Å². The maximum absolute atomic E-state index is 12.5. The molecule has 0 radical (unpaired) electrons. The maximum atomic E-state index is 12.5. The van der Waals surface area contributed by atoms with Crippen LogP contribution in [0, 0.1) is 0 Å². The van der Waals surface area contributed by atoms with E-state index in [4.69, 9.17) is 0 Å². The minimum atomic E-state index is -0.00235. The molecule has 0 bridgehead atoms. The van der Waals surface area contributed by atoms with Gasteiger partial charge in [0.25, 0.3) is 5.91 Å². The zero-order valence-electron chi connectivity index (χ0n) is 18.1. The van der Waals surface area contributed by atoms with Gasteiger partial charge in [-0.1, -0.05) is 49.2 Å². The van der Waals surface area contributed by atoms with Gasteiger partial charge in [-0.25, -0.2) is 0 Å². The lowest BCUT2D eigenvalue weighted by Gasteiger charge is -2.19. The smallest absolute Gasteiger partial charge is 0.251 e. The van der Waals surface area contributed by atoms with Crippen molar-refractivity contribution in [1.29, 1.82) is 0 Å². The monoisotopic (exact) mass is 405 g/mol. The molecule has 4 heteroatoms. The van der Waals surface area contributed by atoms with Crippen LogP contribution in [0.3, 0.4) is 0 Å². The van der Waals surface area contributed by atoms with Crippen LogP contribution in [0.4, 0.5) is 0 Å².